The molecule has 1 aromatic heterocycles. The molecular formula is C27H30N8O2. The van der Waals surface area contributed by atoms with Gasteiger partial charge in [0.1, 0.15) is 23.6 Å². The average Bonchev–Trinajstić information content (AvgIpc) is 3.54. The Bertz CT molecular complexity index is 1330. The maximum absolute atomic E-state index is 12.9. The standard InChI is InChI=1S/C27H30N8O2/c1-4-24(36)33-12-10-21(15-33)35-22-14-29-16-34(28)26(22)25(32-35)18-5-7-19(8-6-18)27(37)31-23-13-20(17(2)3)9-11-30-23/h4-9,11,13-14,16-17,21,32H,1,10,12,15,28H2,2-3H3,(H,30,31,37)/t21-/m1/s1. The molecule has 3 aliphatic rings. The summed E-state index contributed by atoms with van der Waals surface area (Å²) in [6.07, 6.45) is 7.15. The minimum Gasteiger partial charge on any atom is -0.337 e. The molecule has 0 spiro atoms. The number of nitrogens with zero attached hydrogens (tertiary/aromatic N) is 5. The molecule has 190 valence electrons. The zero-order valence-corrected chi connectivity index (χ0v) is 20.9. The fraction of sp³-hybridized carbons (Fsp3) is 0.259. The van der Waals surface area contributed by atoms with Crippen molar-refractivity contribution in [3.63, 3.8) is 0 Å². The van der Waals surface area contributed by atoms with Crippen LogP contribution in [0.25, 0.3) is 5.70 Å². The number of nitrogens with one attached hydrogen (secondary N) is 2. The predicted octanol–water partition coefficient (Wildman–Crippen LogP) is 2.79. The Morgan fingerprint density at radius 3 is 2.76 bits per heavy atom. The van der Waals surface area contributed by atoms with Crippen LogP contribution in [0, 0.1) is 0 Å². The van der Waals surface area contributed by atoms with Crippen LogP contribution in [-0.2, 0) is 4.79 Å². The van der Waals surface area contributed by atoms with Gasteiger partial charge in [-0.1, -0.05) is 32.6 Å². The Labute approximate surface area is 215 Å². The molecule has 1 aromatic carbocycles. The van der Waals surface area contributed by atoms with Crippen LogP contribution in [0.5, 0.6) is 0 Å². The number of nitrogens with two attached hydrogens (primary N) is 1. The summed E-state index contributed by atoms with van der Waals surface area (Å²) < 4.78 is 0. The molecule has 5 rings (SSSR count). The lowest BCUT2D eigenvalue weighted by molar-refractivity contribution is -0.125. The number of fused-ring (bicyclic) bond motifs is 1. The largest absolute Gasteiger partial charge is 0.337 e. The van der Waals surface area contributed by atoms with Crippen LogP contribution in [0.2, 0.25) is 0 Å². The molecule has 2 aromatic rings. The van der Waals surface area contributed by atoms with E-state index in [1.807, 2.05) is 29.3 Å². The van der Waals surface area contributed by atoms with Crippen LogP contribution in [0.3, 0.4) is 0 Å². The first-order valence-corrected chi connectivity index (χ1v) is 12.2. The second kappa shape index (κ2) is 9.90. The van der Waals surface area contributed by atoms with Crippen molar-refractivity contribution in [1.82, 2.24) is 25.3 Å². The highest BCUT2D eigenvalue weighted by molar-refractivity contribution is 6.04. The second-order valence-corrected chi connectivity index (χ2v) is 9.48. The van der Waals surface area contributed by atoms with Gasteiger partial charge in [0.15, 0.2) is 0 Å². The molecule has 0 unspecified atom stereocenters. The van der Waals surface area contributed by atoms with Crippen LogP contribution in [0.15, 0.2) is 77.8 Å². The molecule has 0 radical (unpaired) electrons. The molecule has 10 nitrogen and oxygen atoms in total. The second-order valence-electron chi connectivity index (χ2n) is 9.48. The summed E-state index contributed by atoms with van der Waals surface area (Å²) in [7, 11) is 0. The van der Waals surface area contributed by atoms with E-state index in [2.05, 4.69) is 41.1 Å². The molecule has 0 aliphatic carbocycles. The number of likely N-dealkylation sites (tertiary alicyclic amines) is 1. The van der Waals surface area contributed by atoms with E-state index < -0.39 is 0 Å². The van der Waals surface area contributed by atoms with Crippen molar-refractivity contribution in [3.8, 4) is 0 Å². The number of pyridine rings is 1. The molecular weight excluding hydrogens is 468 g/mol. The van der Waals surface area contributed by atoms with Gasteiger partial charge in [-0.15, -0.1) is 0 Å². The van der Waals surface area contributed by atoms with E-state index in [1.54, 1.807) is 35.8 Å². The van der Waals surface area contributed by atoms with Crippen LogP contribution in [0.1, 0.15) is 47.7 Å². The Kier molecular flexibility index (Phi) is 6.49. The normalized spacial score (nSPS) is 18.6. The molecule has 4 heterocycles. The van der Waals surface area contributed by atoms with Crippen molar-refractivity contribution in [1.29, 1.82) is 0 Å². The number of amides is 2. The van der Waals surface area contributed by atoms with E-state index in [0.717, 1.165) is 34.6 Å². The van der Waals surface area contributed by atoms with Gasteiger partial charge in [-0.3, -0.25) is 25.0 Å². The third-order valence-corrected chi connectivity index (χ3v) is 6.76. The number of carbonyl (C=O) groups excluding carboxylic acids is 2. The summed E-state index contributed by atoms with van der Waals surface area (Å²) in [5, 5.41) is 6.38. The van der Waals surface area contributed by atoms with Gasteiger partial charge in [0.25, 0.3) is 5.91 Å². The van der Waals surface area contributed by atoms with Gasteiger partial charge in [0.05, 0.1) is 17.9 Å². The van der Waals surface area contributed by atoms with E-state index >= 15 is 0 Å². The summed E-state index contributed by atoms with van der Waals surface area (Å²) in [6.45, 7) is 9.00. The zero-order valence-electron chi connectivity index (χ0n) is 20.9. The lowest BCUT2D eigenvalue weighted by Gasteiger charge is -2.30. The number of aliphatic imine (C=N–C) groups is 1. The molecule has 4 N–H and O–H groups in total. The van der Waals surface area contributed by atoms with E-state index in [4.69, 9.17) is 5.84 Å². The van der Waals surface area contributed by atoms with Gasteiger partial charge < -0.3 is 10.2 Å². The Morgan fingerprint density at radius 1 is 1.24 bits per heavy atom. The van der Waals surface area contributed by atoms with E-state index in [0.29, 0.717) is 30.4 Å². The Hall–Kier alpha value is -4.44. The van der Waals surface area contributed by atoms with Crippen molar-refractivity contribution in [2.45, 2.75) is 32.2 Å². The summed E-state index contributed by atoms with van der Waals surface area (Å²) in [5.74, 6) is 6.82. The van der Waals surface area contributed by atoms with Crippen molar-refractivity contribution in [3.05, 3.63) is 89.5 Å². The highest BCUT2D eigenvalue weighted by atomic mass is 16.2. The van der Waals surface area contributed by atoms with Gasteiger partial charge in [-0.05, 0) is 48.2 Å². The van der Waals surface area contributed by atoms with Gasteiger partial charge in [0, 0.05) is 30.4 Å². The SMILES string of the molecule is C=CC(=O)N1CC[C@@H](N2NC(c3ccc(C(=O)Nc4cc(C(C)C)ccn4)cc3)=C3C2=CN=CN3N)C1. The number of hydrogen-bond acceptors (Lipinski definition) is 8. The predicted molar refractivity (Wildman–Crippen MR) is 142 cm³/mol. The maximum atomic E-state index is 12.9. The molecule has 1 atom stereocenters. The molecule has 1 fully saturated rings. The first kappa shape index (κ1) is 24.3. The molecule has 37 heavy (non-hydrogen) atoms. The van der Waals surface area contributed by atoms with Crippen LogP contribution >= 0.6 is 0 Å². The number of hydrazine groups is 2. The third kappa shape index (κ3) is 4.70. The fourth-order valence-corrected chi connectivity index (χ4v) is 4.72. The van der Waals surface area contributed by atoms with Gasteiger partial charge in [-0.25, -0.2) is 15.8 Å². The fourth-order valence-electron chi connectivity index (χ4n) is 4.72. The summed E-state index contributed by atoms with van der Waals surface area (Å²) in [4.78, 5) is 35.3. The Balaban J connectivity index is 1.35. The highest BCUT2D eigenvalue weighted by Gasteiger charge is 2.39. The van der Waals surface area contributed by atoms with Crippen LogP contribution in [0.4, 0.5) is 5.82 Å². The molecule has 2 amide bonds. The van der Waals surface area contributed by atoms with Crippen molar-refractivity contribution >= 4 is 29.7 Å². The van der Waals surface area contributed by atoms with E-state index in [9.17, 15) is 9.59 Å². The smallest absolute Gasteiger partial charge is 0.256 e. The van der Waals surface area contributed by atoms with Crippen molar-refractivity contribution < 1.29 is 9.59 Å². The number of aromatic nitrogens is 1. The molecule has 0 saturated carbocycles. The van der Waals surface area contributed by atoms with Crippen molar-refractivity contribution in [2.24, 2.45) is 10.8 Å². The van der Waals surface area contributed by atoms with E-state index in [1.165, 1.54) is 11.1 Å². The lowest BCUT2D eigenvalue weighted by atomic mass is 10.0. The number of benzene rings is 1. The first-order valence-electron chi connectivity index (χ1n) is 12.2. The summed E-state index contributed by atoms with van der Waals surface area (Å²) in [5.41, 5.74) is 8.36. The molecule has 3 aliphatic heterocycles. The minimum atomic E-state index is -0.234. The van der Waals surface area contributed by atoms with Gasteiger partial charge >= 0.3 is 0 Å². The number of hydrogen-bond donors (Lipinski definition) is 3. The topological polar surface area (TPSA) is 119 Å². The summed E-state index contributed by atoms with van der Waals surface area (Å²) >= 11 is 0. The van der Waals surface area contributed by atoms with E-state index in [-0.39, 0.29) is 17.9 Å². The van der Waals surface area contributed by atoms with Gasteiger partial charge in [-0.2, -0.15) is 0 Å². The maximum Gasteiger partial charge on any atom is 0.256 e. The number of anilines is 1. The quantitative estimate of drug-likeness (QED) is 0.414. The monoisotopic (exact) mass is 498 g/mol. The van der Waals surface area contributed by atoms with Crippen LogP contribution in [-0.4, -0.2) is 57.2 Å². The number of rotatable bonds is 6. The molecule has 1 saturated heterocycles. The van der Waals surface area contributed by atoms with Crippen LogP contribution < -0.4 is 16.6 Å². The minimum absolute atomic E-state index is 0.0449. The third-order valence-electron chi connectivity index (χ3n) is 6.76. The lowest BCUT2D eigenvalue weighted by Crippen LogP contribution is -2.43. The Morgan fingerprint density at radius 2 is 2.03 bits per heavy atom. The average molecular weight is 499 g/mol. The van der Waals surface area contributed by atoms with Gasteiger partial charge in [0.2, 0.25) is 5.91 Å². The summed E-state index contributed by atoms with van der Waals surface area (Å²) in [6, 6.07) is 11.2. The first-order chi connectivity index (χ1) is 17.9. The number of carbonyl (C=O) groups is 2. The van der Waals surface area contributed by atoms with Crippen molar-refractivity contribution in [2.75, 3.05) is 18.4 Å². The molecule has 0 bridgehead atoms. The zero-order chi connectivity index (χ0) is 26.1. The highest BCUT2D eigenvalue weighted by Crippen LogP contribution is 2.36. The molecule has 10 heteroatoms.